The molecule has 2 rings (SSSR count). The van der Waals surface area contributed by atoms with Gasteiger partial charge in [-0.25, -0.2) is 0 Å². The van der Waals surface area contributed by atoms with Gasteiger partial charge in [-0.2, -0.15) is 5.26 Å². The molecule has 18 heavy (non-hydrogen) atoms. The third kappa shape index (κ3) is 2.14. The van der Waals surface area contributed by atoms with Crippen LogP contribution in [-0.2, 0) is 0 Å². The van der Waals surface area contributed by atoms with Crippen LogP contribution in [0.2, 0.25) is 0 Å². The second kappa shape index (κ2) is 4.82. The first kappa shape index (κ1) is 12.0. The SMILES string of the molecule is N#C/C(=C\c1ccc(O)c2ncccc12)C(N)=S. The van der Waals surface area contributed by atoms with Crippen molar-refractivity contribution in [3.8, 4) is 11.8 Å². The Balaban J connectivity index is 2.71. The highest BCUT2D eigenvalue weighted by atomic mass is 32.1. The number of nitrogens with zero attached hydrogens (tertiary/aromatic N) is 2. The fourth-order valence-electron chi connectivity index (χ4n) is 1.62. The average Bonchev–Trinajstić information content (AvgIpc) is 2.38. The van der Waals surface area contributed by atoms with Crippen LogP contribution in [0.4, 0.5) is 0 Å². The van der Waals surface area contributed by atoms with Gasteiger partial charge < -0.3 is 10.8 Å². The first-order chi connectivity index (χ1) is 8.63. The van der Waals surface area contributed by atoms with E-state index >= 15 is 0 Å². The first-order valence-corrected chi connectivity index (χ1v) is 5.52. The van der Waals surface area contributed by atoms with Gasteiger partial charge in [0.2, 0.25) is 0 Å². The van der Waals surface area contributed by atoms with Crippen LogP contribution in [0.1, 0.15) is 5.56 Å². The Morgan fingerprint density at radius 2 is 2.22 bits per heavy atom. The zero-order valence-corrected chi connectivity index (χ0v) is 10.1. The van der Waals surface area contributed by atoms with E-state index in [0.717, 1.165) is 10.9 Å². The van der Waals surface area contributed by atoms with Crippen molar-refractivity contribution in [3.63, 3.8) is 0 Å². The summed E-state index contributed by atoms with van der Waals surface area (Å²) >= 11 is 4.79. The highest BCUT2D eigenvalue weighted by Gasteiger charge is 2.06. The van der Waals surface area contributed by atoms with Crippen LogP contribution in [-0.4, -0.2) is 15.1 Å². The molecule has 1 heterocycles. The molecule has 0 amide bonds. The number of benzene rings is 1. The molecular formula is C13H9N3OS. The number of aromatic hydroxyl groups is 1. The summed E-state index contributed by atoms with van der Waals surface area (Å²) in [6, 6.07) is 8.72. The second-order valence-corrected chi connectivity index (χ2v) is 4.05. The van der Waals surface area contributed by atoms with Crippen molar-refractivity contribution in [1.82, 2.24) is 4.98 Å². The number of thiocarbonyl (C=S) groups is 1. The monoisotopic (exact) mass is 255 g/mol. The van der Waals surface area contributed by atoms with E-state index in [1.165, 1.54) is 6.07 Å². The van der Waals surface area contributed by atoms with Gasteiger partial charge in [0, 0.05) is 11.6 Å². The van der Waals surface area contributed by atoms with E-state index in [9.17, 15) is 5.11 Å². The molecule has 0 atom stereocenters. The molecule has 0 aliphatic rings. The Morgan fingerprint density at radius 3 is 2.89 bits per heavy atom. The van der Waals surface area contributed by atoms with Gasteiger partial charge in [0.05, 0.1) is 5.57 Å². The highest BCUT2D eigenvalue weighted by Crippen LogP contribution is 2.26. The summed E-state index contributed by atoms with van der Waals surface area (Å²) in [6.45, 7) is 0. The normalized spacial score (nSPS) is 11.2. The fourth-order valence-corrected chi connectivity index (χ4v) is 1.72. The smallest absolute Gasteiger partial charge is 0.141 e. The largest absolute Gasteiger partial charge is 0.506 e. The van der Waals surface area contributed by atoms with Crippen molar-refractivity contribution in [2.45, 2.75) is 0 Å². The van der Waals surface area contributed by atoms with E-state index in [0.29, 0.717) is 5.52 Å². The van der Waals surface area contributed by atoms with Gasteiger partial charge in [-0.05, 0) is 23.8 Å². The fraction of sp³-hybridized carbons (Fsp3) is 0. The van der Waals surface area contributed by atoms with Crippen LogP contribution in [0.25, 0.3) is 17.0 Å². The van der Waals surface area contributed by atoms with Gasteiger partial charge >= 0.3 is 0 Å². The minimum atomic E-state index is 0.0441. The summed E-state index contributed by atoms with van der Waals surface area (Å²) in [7, 11) is 0. The van der Waals surface area contributed by atoms with Crippen LogP contribution in [0.3, 0.4) is 0 Å². The predicted molar refractivity (Wildman–Crippen MR) is 73.8 cm³/mol. The Labute approximate surface area is 109 Å². The average molecular weight is 255 g/mol. The van der Waals surface area contributed by atoms with Gasteiger partial charge in [0.15, 0.2) is 0 Å². The summed E-state index contributed by atoms with van der Waals surface area (Å²) in [5.41, 5.74) is 6.88. The standard InChI is InChI=1S/C13H9N3OS/c14-7-9(13(15)18)6-8-3-4-11(17)12-10(8)2-1-5-16-12/h1-6,17H,(H2,15,18)/b9-6+. The van der Waals surface area contributed by atoms with Gasteiger partial charge in [-0.3, -0.25) is 4.98 Å². The Morgan fingerprint density at radius 1 is 1.44 bits per heavy atom. The van der Waals surface area contributed by atoms with Crippen LogP contribution >= 0.6 is 12.2 Å². The lowest BCUT2D eigenvalue weighted by Gasteiger charge is -2.04. The van der Waals surface area contributed by atoms with Crippen molar-refractivity contribution in [2.75, 3.05) is 0 Å². The number of aromatic nitrogens is 1. The molecule has 0 spiro atoms. The minimum absolute atomic E-state index is 0.0441. The molecule has 1 aromatic heterocycles. The number of nitrogens with two attached hydrogens (primary N) is 1. The maximum absolute atomic E-state index is 9.70. The number of phenols is 1. The molecule has 0 radical (unpaired) electrons. The molecule has 0 unspecified atom stereocenters. The van der Waals surface area contributed by atoms with Crippen LogP contribution < -0.4 is 5.73 Å². The zero-order valence-electron chi connectivity index (χ0n) is 9.29. The Bertz CT molecular complexity index is 701. The third-order valence-corrected chi connectivity index (χ3v) is 2.69. The van der Waals surface area contributed by atoms with Gasteiger partial charge in [0.1, 0.15) is 22.3 Å². The molecule has 0 fully saturated rings. The summed E-state index contributed by atoms with van der Waals surface area (Å²) < 4.78 is 0. The summed E-state index contributed by atoms with van der Waals surface area (Å²) in [5.74, 6) is 0.0941. The maximum Gasteiger partial charge on any atom is 0.141 e. The lowest BCUT2D eigenvalue weighted by atomic mass is 10.1. The van der Waals surface area contributed by atoms with E-state index < -0.39 is 0 Å². The molecule has 5 heteroatoms. The highest BCUT2D eigenvalue weighted by molar-refractivity contribution is 7.80. The number of hydrogen-bond donors (Lipinski definition) is 2. The molecule has 4 nitrogen and oxygen atoms in total. The van der Waals surface area contributed by atoms with Crippen molar-refractivity contribution < 1.29 is 5.11 Å². The Hall–Kier alpha value is -2.45. The molecule has 1 aromatic carbocycles. The number of hydrogen-bond acceptors (Lipinski definition) is 4. The molecule has 0 saturated carbocycles. The lowest BCUT2D eigenvalue weighted by Crippen LogP contribution is -2.09. The maximum atomic E-state index is 9.70. The van der Waals surface area contributed by atoms with Gasteiger partial charge in [0.25, 0.3) is 0 Å². The number of fused-ring (bicyclic) bond motifs is 1. The van der Waals surface area contributed by atoms with E-state index in [1.54, 1.807) is 24.4 Å². The van der Waals surface area contributed by atoms with E-state index in [2.05, 4.69) is 4.98 Å². The first-order valence-electron chi connectivity index (χ1n) is 5.12. The molecule has 0 aliphatic heterocycles. The van der Waals surface area contributed by atoms with E-state index in [-0.39, 0.29) is 16.3 Å². The van der Waals surface area contributed by atoms with Crippen molar-refractivity contribution >= 4 is 34.2 Å². The lowest BCUT2D eigenvalue weighted by molar-refractivity contribution is 0.480. The number of rotatable bonds is 2. The predicted octanol–water partition coefficient (Wildman–Crippen LogP) is 2.13. The summed E-state index contributed by atoms with van der Waals surface area (Å²) in [4.78, 5) is 4.14. The molecule has 2 aromatic rings. The minimum Gasteiger partial charge on any atom is -0.506 e. The van der Waals surface area contributed by atoms with Crippen LogP contribution in [0.15, 0.2) is 36.0 Å². The number of phenolic OH excluding ortho intramolecular Hbond substituents is 1. The zero-order chi connectivity index (χ0) is 13.1. The van der Waals surface area contributed by atoms with Gasteiger partial charge in [-0.1, -0.05) is 24.4 Å². The molecule has 0 aliphatic carbocycles. The second-order valence-electron chi connectivity index (χ2n) is 3.61. The molecule has 0 bridgehead atoms. The quantitative estimate of drug-likeness (QED) is 0.488. The topological polar surface area (TPSA) is 82.9 Å². The van der Waals surface area contributed by atoms with Gasteiger partial charge in [-0.15, -0.1) is 0 Å². The molecule has 0 saturated heterocycles. The molecule has 88 valence electrons. The number of pyridine rings is 1. The van der Waals surface area contributed by atoms with Crippen molar-refractivity contribution in [3.05, 3.63) is 41.6 Å². The summed E-state index contributed by atoms with van der Waals surface area (Å²) in [5, 5.41) is 19.4. The van der Waals surface area contributed by atoms with Crippen LogP contribution in [0, 0.1) is 11.3 Å². The summed E-state index contributed by atoms with van der Waals surface area (Å²) in [6.07, 6.45) is 3.18. The molecule has 3 N–H and O–H groups in total. The van der Waals surface area contributed by atoms with Crippen LogP contribution in [0.5, 0.6) is 5.75 Å². The van der Waals surface area contributed by atoms with Crippen molar-refractivity contribution in [1.29, 1.82) is 5.26 Å². The van der Waals surface area contributed by atoms with Crippen molar-refractivity contribution in [2.24, 2.45) is 5.73 Å². The van der Waals surface area contributed by atoms with E-state index in [4.69, 9.17) is 23.2 Å². The Kier molecular flexibility index (Phi) is 3.22. The van der Waals surface area contributed by atoms with E-state index in [1.807, 2.05) is 12.1 Å². The number of nitriles is 1. The molecular weight excluding hydrogens is 246 g/mol. The third-order valence-electron chi connectivity index (χ3n) is 2.47.